The van der Waals surface area contributed by atoms with Crippen LogP contribution in [0, 0.1) is 6.92 Å². The van der Waals surface area contributed by atoms with Crippen LogP contribution in [0.2, 0.25) is 0 Å². The predicted molar refractivity (Wildman–Crippen MR) is 86.4 cm³/mol. The van der Waals surface area contributed by atoms with Gasteiger partial charge in [-0.05, 0) is 19.1 Å². The van der Waals surface area contributed by atoms with Crippen molar-refractivity contribution >= 4 is 40.7 Å². The summed E-state index contributed by atoms with van der Waals surface area (Å²) in [6, 6.07) is 6.75. The number of hydrogen-bond donors (Lipinski definition) is 1. The summed E-state index contributed by atoms with van der Waals surface area (Å²) in [7, 11) is 1.31. The maximum Gasteiger partial charge on any atom is 0.339 e. The Morgan fingerprint density at radius 3 is 2.77 bits per heavy atom. The number of aromatic nitrogens is 2. The number of carbonyl (C=O) groups excluding carboxylic acids is 2. The van der Waals surface area contributed by atoms with Crippen LogP contribution >= 0.6 is 23.1 Å². The van der Waals surface area contributed by atoms with Crippen molar-refractivity contribution in [2.24, 2.45) is 0 Å². The second-order valence-corrected chi connectivity index (χ2v) is 6.79. The second kappa shape index (κ2) is 7.90. The molecule has 116 valence electrons. The molecule has 1 N–H and O–H groups in total. The first-order valence-electron chi connectivity index (χ1n) is 6.50. The van der Waals surface area contributed by atoms with E-state index in [0.717, 1.165) is 9.35 Å². The summed E-state index contributed by atoms with van der Waals surface area (Å²) in [5.41, 5.74) is 0.793. The van der Waals surface area contributed by atoms with Gasteiger partial charge in [0, 0.05) is 12.2 Å². The number of amides is 1. The molecule has 1 aromatic carbocycles. The number of esters is 1. The van der Waals surface area contributed by atoms with E-state index in [-0.39, 0.29) is 5.91 Å². The van der Waals surface area contributed by atoms with E-state index in [1.54, 1.807) is 24.3 Å². The summed E-state index contributed by atoms with van der Waals surface area (Å²) in [6.07, 6.45) is 0.318. The number of methoxy groups -OCH3 is 1. The molecule has 0 unspecified atom stereocenters. The van der Waals surface area contributed by atoms with Crippen molar-refractivity contribution in [2.45, 2.75) is 17.7 Å². The highest BCUT2D eigenvalue weighted by Gasteiger charge is 2.13. The summed E-state index contributed by atoms with van der Waals surface area (Å²) in [5, 5.41) is 11.5. The Labute approximate surface area is 136 Å². The van der Waals surface area contributed by atoms with Crippen molar-refractivity contribution in [3.8, 4) is 0 Å². The van der Waals surface area contributed by atoms with Crippen LogP contribution in [0.5, 0.6) is 0 Å². The lowest BCUT2D eigenvalue weighted by molar-refractivity contribution is -0.115. The summed E-state index contributed by atoms with van der Waals surface area (Å²) in [6.45, 7) is 1.89. The van der Waals surface area contributed by atoms with Gasteiger partial charge in [0.1, 0.15) is 5.01 Å². The molecule has 0 aliphatic rings. The average molecular weight is 337 g/mol. The summed E-state index contributed by atoms with van der Waals surface area (Å²) < 4.78 is 5.54. The molecular formula is C14H15N3O3S2. The standard InChI is InChI=1S/C14H15N3O3S2/c1-9-16-17-14(22-9)21-8-7-12(18)15-11-6-4-3-5-10(11)13(19)20-2/h3-6H,7-8H2,1-2H3,(H,15,18). The molecule has 0 spiro atoms. The summed E-state index contributed by atoms with van der Waals surface area (Å²) in [4.78, 5) is 23.6. The number of anilines is 1. The Bertz CT molecular complexity index is 673. The molecule has 0 radical (unpaired) electrons. The van der Waals surface area contributed by atoms with Gasteiger partial charge in [0.05, 0.1) is 18.4 Å². The molecule has 22 heavy (non-hydrogen) atoms. The molecule has 1 aromatic heterocycles. The van der Waals surface area contributed by atoms with Crippen molar-refractivity contribution in [3.05, 3.63) is 34.8 Å². The molecule has 1 amide bonds. The quantitative estimate of drug-likeness (QED) is 0.645. The highest BCUT2D eigenvalue weighted by atomic mass is 32.2. The first kappa shape index (κ1) is 16.4. The number of ether oxygens (including phenoxy) is 1. The van der Waals surface area contributed by atoms with Gasteiger partial charge in [-0.3, -0.25) is 4.79 Å². The third-order valence-electron chi connectivity index (χ3n) is 2.67. The number of nitrogens with zero attached hydrogens (tertiary/aromatic N) is 2. The lowest BCUT2D eigenvalue weighted by Gasteiger charge is -2.09. The SMILES string of the molecule is COC(=O)c1ccccc1NC(=O)CCSc1nnc(C)s1. The minimum absolute atomic E-state index is 0.162. The Balaban J connectivity index is 1.88. The van der Waals surface area contributed by atoms with Crippen LogP contribution in [0.25, 0.3) is 0 Å². The van der Waals surface area contributed by atoms with Crippen LogP contribution in [0.15, 0.2) is 28.6 Å². The summed E-state index contributed by atoms with van der Waals surface area (Å²) in [5.74, 6) is -0.0411. The van der Waals surface area contributed by atoms with E-state index in [0.29, 0.717) is 23.4 Å². The van der Waals surface area contributed by atoms with Crippen LogP contribution in [0.1, 0.15) is 21.8 Å². The average Bonchev–Trinajstić information content (AvgIpc) is 2.92. The van der Waals surface area contributed by atoms with E-state index in [1.807, 2.05) is 6.92 Å². The maximum atomic E-state index is 12.0. The van der Waals surface area contributed by atoms with E-state index in [9.17, 15) is 9.59 Å². The van der Waals surface area contributed by atoms with Crippen LogP contribution < -0.4 is 5.32 Å². The molecule has 0 aliphatic heterocycles. The lowest BCUT2D eigenvalue weighted by Crippen LogP contribution is -2.15. The van der Waals surface area contributed by atoms with Crippen molar-refractivity contribution in [2.75, 3.05) is 18.2 Å². The van der Waals surface area contributed by atoms with Gasteiger partial charge in [-0.15, -0.1) is 10.2 Å². The fraction of sp³-hybridized carbons (Fsp3) is 0.286. The van der Waals surface area contributed by atoms with E-state index in [2.05, 4.69) is 15.5 Å². The Hall–Kier alpha value is -1.93. The van der Waals surface area contributed by atoms with Crippen LogP contribution in [0.3, 0.4) is 0 Å². The van der Waals surface area contributed by atoms with Gasteiger partial charge in [0.25, 0.3) is 0 Å². The van der Waals surface area contributed by atoms with Gasteiger partial charge in [-0.1, -0.05) is 35.2 Å². The molecule has 0 saturated carbocycles. The van der Waals surface area contributed by atoms with Gasteiger partial charge in [-0.2, -0.15) is 0 Å². The molecule has 6 nitrogen and oxygen atoms in total. The maximum absolute atomic E-state index is 12.0. The fourth-order valence-electron chi connectivity index (χ4n) is 1.66. The third-order valence-corrected chi connectivity index (χ3v) is 4.64. The Morgan fingerprint density at radius 1 is 1.32 bits per heavy atom. The van der Waals surface area contributed by atoms with E-state index < -0.39 is 5.97 Å². The molecule has 0 saturated heterocycles. The smallest absolute Gasteiger partial charge is 0.339 e. The van der Waals surface area contributed by atoms with Crippen molar-refractivity contribution < 1.29 is 14.3 Å². The van der Waals surface area contributed by atoms with E-state index in [1.165, 1.54) is 30.2 Å². The topological polar surface area (TPSA) is 81.2 Å². The normalized spacial score (nSPS) is 10.3. The molecular weight excluding hydrogens is 322 g/mol. The number of para-hydroxylation sites is 1. The lowest BCUT2D eigenvalue weighted by atomic mass is 10.2. The fourth-order valence-corrected chi connectivity index (χ4v) is 3.48. The van der Waals surface area contributed by atoms with Crippen molar-refractivity contribution in [1.82, 2.24) is 10.2 Å². The number of thioether (sulfide) groups is 1. The second-order valence-electron chi connectivity index (χ2n) is 4.27. The molecule has 2 aromatic rings. The van der Waals surface area contributed by atoms with Crippen LogP contribution in [-0.4, -0.2) is 34.9 Å². The zero-order chi connectivity index (χ0) is 15.9. The molecule has 1 heterocycles. The number of aryl methyl sites for hydroxylation is 1. The van der Waals surface area contributed by atoms with Gasteiger partial charge in [-0.25, -0.2) is 4.79 Å². The minimum atomic E-state index is -0.477. The van der Waals surface area contributed by atoms with Crippen LogP contribution in [0.4, 0.5) is 5.69 Å². The number of benzene rings is 1. The van der Waals surface area contributed by atoms with Crippen molar-refractivity contribution in [1.29, 1.82) is 0 Å². The van der Waals surface area contributed by atoms with Gasteiger partial charge < -0.3 is 10.1 Å². The highest BCUT2D eigenvalue weighted by Crippen LogP contribution is 2.23. The molecule has 0 atom stereocenters. The number of hydrogen-bond acceptors (Lipinski definition) is 7. The summed E-state index contributed by atoms with van der Waals surface area (Å²) >= 11 is 2.99. The monoisotopic (exact) mass is 337 g/mol. The largest absolute Gasteiger partial charge is 0.465 e. The Kier molecular flexibility index (Phi) is 5.91. The third kappa shape index (κ3) is 4.54. The number of carbonyl (C=O) groups is 2. The molecule has 8 heteroatoms. The zero-order valence-electron chi connectivity index (χ0n) is 12.2. The van der Waals surface area contributed by atoms with Crippen molar-refractivity contribution in [3.63, 3.8) is 0 Å². The number of nitrogens with one attached hydrogen (secondary N) is 1. The Morgan fingerprint density at radius 2 is 2.09 bits per heavy atom. The molecule has 0 bridgehead atoms. The van der Waals surface area contributed by atoms with Gasteiger partial charge in [0.15, 0.2) is 4.34 Å². The molecule has 0 aliphatic carbocycles. The highest BCUT2D eigenvalue weighted by molar-refractivity contribution is 8.01. The predicted octanol–water partition coefficient (Wildman–Crippen LogP) is 2.75. The molecule has 0 fully saturated rings. The van der Waals surface area contributed by atoms with Crippen LogP contribution in [-0.2, 0) is 9.53 Å². The first-order valence-corrected chi connectivity index (χ1v) is 8.30. The minimum Gasteiger partial charge on any atom is -0.465 e. The molecule has 2 rings (SSSR count). The van der Waals surface area contributed by atoms with Gasteiger partial charge >= 0.3 is 5.97 Å². The van der Waals surface area contributed by atoms with E-state index >= 15 is 0 Å². The zero-order valence-corrected chi connectivity index (χ0v) is 13.8. The number of rotatable bonds is 6. The van der Waals surface area contributed by atoms with Gasteiger partial charge in [0.2, 0.25) is 5.91 Å². The first-order chi connectivity index (χ1) is 10.6. The van der Waals surface area contributed by atoms with E-state index in [4.69, 9.17) is 4.74 Å².